The van der Waals surface area contributed by atoms with Crippen LogP contribution in [0.1, 0.15) is 49.0 Å². The number of pyridine rings is 2. The van der Waals surface area contributed by atoms with Crippen molar-refractivity contribution < 1.29 is 9.63 Å². The smallest absolute Gasteiger partial charge is 0.344 e. The lowest BCUT2D eigenvalue weighted by Gasteiger charge is -2.17. The Morgan fingerprint density at radius 1 is 1.20 bits per heavy atom. The standard InChI is InChI=1S/C21H24N6O3/c1-13(28)17-10-14-11-23-21(30-25-18-9-8-16(12-22-18)26(2)3)24-19(14)27(20(17)29)15-6-4-5-7-15/h8-12,15H,4-7H2,1-3H3,(H,22,25). The van der Waals surface area contributed by atoms with Crippen molar-refractivity contribution in [1.29, 1.82) is 0 Å². The van der Waals surface area contributed by atoms with Crippen LogP contribution in [-0.4, -0.2) is 39.4 Å². The number of fused-ring (bicyclic) bond motifs is 1. The number of carbonyl (C=O) groups is 1. The Kier molecular flexibility index (Phi) is 5.35. The molecule has 0 atom stereocenters. The zero-order valence-electron chi connectivity index (χ0n) is 17.3. The van der Waals surface area contributed by atoms with Gasteiger partial charge in [0.1, 0.15) is 5.65 Å². The molecular weight excluding hydrogens is 384 g/mol. The van der Waals surface area contributed by atoms with Gasteiger partial charge in [0.2, 0.25) is 0 Å². The maximum Gasteiger partial charge on any atom is 0.344 e. The van der Waals surface area contributed by atoms with Gasteiger partial charge in [-0.25, -0.2) is 15.4 Å². The number of aromatic nitrogens is 4. The molecule has 1 saturated carbocycles. The molecule has 30 heavy (non-hydrogen) atoms. The van der Waals surface area contributed by atoms with Crippen LogP contribution in [0.15, 0.2) is 35.4 Å². The highest BCUT2D eigenvalue weighted by molar-refractivity contribution is 5.96. The number of hydrogen-bond donors (Lipinski definition) is 1. The van der Waals surface area contributed by atoms with Crippen molar-refractivity contribution in [1.82, 2.24) is 19.5 Å². The Balaban J connectivity index is 1.67. The van der Waals surface area contributed by atoms with Crippen LogP contribution in [0.5, 0.6) is 6.01 Å². The number of ketones is 1. The summed E-state index contributed by atoms with van der Waals surface area (Å²) in [5.41, 5.74) is 4.02. The third-order valence-corrected chi connectivity index (χ3v) is 5.33. The first-order chi connectivity index (χ1) is 14.4. The van der Waals surface area contributed by atoms with Gasteiger partial charge in [0.25, 0.3) is 5.56 Å². The predicted octanol–water partition coefficient (Wildman–Crippen LogP) is 2.98. The topological polar surface area (TPSA) is 102 Å². The summed E-state index contributed by atoms with van der Waals surface area (Å²) >= 11 is 0. The Labute approximate surface area is 173 Å². The van der Waals surface area contributed by atoms with Crippen molar-refractivity contribution in [2.24, 2.45) is 0 Å². The summed E-state index contributed by atoms with van der Waals surface area (Å²) in [5.74, 6) is 0.243. The molecule has 4 rings (SSSR count). The second-order valence-corrected chi connectivity index (χ2v) is 7.66. The van der Waals surface area contributed by atoms with E-state index in [4.69, 9.17) is 4.84 Å². The quantitative estimate of drug-likeness (QED) is 0.491. The van der Waals surface area contributed by atoms with Crippen LogP contribution in [0.4, 0.5) is 11.5 Å². The second-order valence-electron chi connectivity index (χ2n) is 7.66. The van der Waals surface area contributed by atoms with Crippen molar-refractivity contribution in [2.45, 2.75) is 38.6 Å². The first-order valence-electron chi connectivity index (χ1n) is 9.93. The van der Waals surface area contributed by atoms with Gasteiger partial charge in [-0.2, -0.15) is 4.98 Å². The number of nitrogens with zero attached hydrogens (tertiary/aromatic N) is 5. The lowest BCUT2D eigenvalue weighted by Crippen LogP contribution is -2.29. The number of rotatable bonds is 6. The van der Waals surface area contributed by atoms with Gasteiger partial charge in [0.15, 0.2) is 11.6 Å². The maximum atomic E-state index is 13.0. The molecule has 0 radical (unpaired) electrons. The van der Waals surface area contributed by atoms with E-state index in [1.54, 1.807) is 29.1 Å². The molecule has 9 nitrogen and oxygen atoms in total. The number of nitrogens with one attached hydrogen (secondary N) is 1. The van der Waals surface area contributed by atoms with Gasteiger partial charge >= 0.3 is 6.01 Å². The van der Waals surface area contributed by atoms with Crippen molar-refractivity contribution >= 4 is 28.3 Å². The first kappa shape index (κ1) is 19.8. The predicted molar refractivity (Wildman–Crippen MR) is 114 cm³/mol. The Morgan fingerprint density at radius 3 is 2.60 bits per heavy atom. The fourth-order valence-electron chi connectivity index (χ4n) is 3.72. The van der Waals surface area contributed by atoms with E-state index >= 15 is 0 Å². The van der Waals surface area contributed by atoms with Gasteiger partial charge in [0, 0.05) is 31.7 Å². The van der Waals surface area contributed by atoms with E-state index < -0.39 is 0 Å². The summed E-state index contributed by atoms with van der Waals surface area (Å²) in [6.45, 7) is 1.40. The Hall–Kier alpha value is -3.49. The molecule has 3 heterocycles. The average molecular weight is 408 g/mol. The Bertz CT molecular complexity index is 1130. The Morgan fingerprint density at radius 2 is 1.97 bits per heavy atom. The van der Waals surface area contributed by atoms with Crippen molar-refractivity contribution in [2.75, 3.05) is 24.5 Å². The van der Waals surface area contributed by atoms with Crippen molar-refractivity contribution in [3.05, 3.63) is 46.5 Å². The van der Waals surface area contributed by atoms with E-state index in [0.29, 0.717) is 16.9 Å². The highest BCUT2D eigenvalue weighted by Gasteiger charge is 2.24. The monoisotopic (exact) mass is 408 g/mol. The third kappa shape index (κ3) is 3.83. The van der Waals surface area contributed by atoms with E-state index in [1.807, 2.05) is 25.1 Å². The molecule has 0 saturated heterocycles. The molecular formula is C21H24N6O3. The molecule has 0 amide bonds. The van der Waals surface area contributed by atoms with Crippen LogP contribution < -0.4 is 20.8 Å². The minimum absolute atomic E-state index is 0.0234. The molecule has 3 aromatic heterocycles. The van der Waals surface area contributed by atoms with Gasteiger partial charge in [-0.05, 0) is 38.0 Å². The van der Waals surface area contributed by atoms with Gasteiger partial charge in [-0.15, -0.1) is 0 Å². The molecule has 1 N–H and O–H groups in total. The van der Waals surface area contributed by atoms with Gasteiger partial charge in [-0.1, -0.05) is 12.8 Å². The van der Waals surface area contributed by atoms with Crippen LogP contribution in [-0.2, 0) is 0 Å². The average Bonchev–Trinajstić information content (AvgIpc) is 3.26. The largest absolute Gasteiger partial charge is 0.376 e. The summed E-state index contributed by atoms with van der Waals surface area (Å²) in [6.07, 6.45) is 7.15. The molecule has 0 spiro atoms. The van der Waals surface area contributed by atoms with Crippen molar-refractivity contribution in [3.63, 3.8) is 0 Å². The van der Waals surface area contributed by atoms with E-state index in [0.717, 1.165) is 31.4 Å². The normalized spacial score (nSPS) is 14.1. The van der Waals surface area contributed by atoms with E-state index in [9.17, 15) is 9.59 Å². The summed E-state index contributed by atoms with van der Waals surface area (Å²) in [5, 5.41) is 0.632. The lowest BCUT2D eigenvalue weighted by atomic mass is 10.1. The SMILES string of the molecule is CC(=O)c1cc2cnc(ONc3ccc(N(C)C)cn3)nc2n(C2CCCC2)c1=O. The van der Waals surface area contributed by atoms with Gasteiger partial charge < -0.3 is 9.74 Å². The molecule has 0 aliphatic heterocycles. The highest BCUT2D eigenvalue weighted by atomic mass is 16.7. The van der Waals surface area contributed by atoms with Crippen LogP contribution in [0.3, 0.4) is 0 Å². The van der Waals surface area contributed by atoms with Crippen LogP contribution in [0, 0.1) is 0 Å². The fraction of sp³-hybridized carbons (Fsp3) is 0.381. The molecule has 0 unspecified atom stereocenters. The zero-order chi connectivity index (χ0) is 21.3. The lowest BCUT2D eigenvalue weighted by molar-refractivity contribution is 0.101. The van der Waals surface area contributed by atoms with Gasteiger partial charge in [0.05, 0.1) is 17.4 Å². The number of Topliss-reactive ketones (excluding diaryl/α,β-unsaturated/α-hetero) is 1. The summed E-state index contributed by atoms with van der Waals surface area (Å²) in [6, 6.07) is 5.34. The van der Waals surface area contributed by atoms with Crippen LogP contribution in [0.25, 0.3) is 11.0 Å². The molecule has 0 aromatic carbocycles. The maximum absolute atomic E-state index is 13.0. The summed E-state index contributed by atoms with van der Waals surface area (Å²) < 4.78 is 1.64. The number of carbonyl (C=O) groups excluding carboxylic acids is 1. The second kappa shape index (κ2) is 8.10. The number of anilines is 2. The zero-order valence-corrected chi connectivity index (χ0v) is 17.3. The van der Waals surface area contributed by atoms with E-state index in [1.165, 1.54) is 6.92 Å². The van der Waals surface area contributed by atoms with Crippen LogP contribution >= 0.6 is 0 Å². The molecule has 3 aromatic rings. The van der Waals surface area contributed by atoms with Crippen LogP contribution in [0.2, 0.25) is 0 Å². The van der Waals surface area contributed by atoms with E-state index in [-0.39, 0.29) is 29.0 Å². The van der Waals surface area contributed by atoms with Gasteiger partial charge in [-0.3, -0.25) is 14.2 Å². The molecule has 1 aliphatic rings. The summed E-state index contributed by atoms with van der Waals surface area (Å²) in [4.78, 5) is 45.4. The minimum Gasteiger partial charge on any atom is -0.376 e. The molecule has 156 valence electrons. The summed E-state index contributed by atoms with van der Waals surface area (Å²) in [7, 11) is 3.87. The van der Waals surface area contributed by atoms with Crippen molar-refractivity contribution in [3.8, 4) is 6.01 Å². The highest BCUT2D eigenvalue weighted by Crippen LogP contribution is 2.31. The fourth-order valence-corrected chi connectivity index (χ4v) is 3.72. The molecule has 9 heteroatoms. The molecule has 1 aliphatic carbocycles. The third-order valence-electron chi connectivity index (χ3n) is 5.33. The first-order valence-corrected chi connectivity index (χ1v) is 9.93. The molecule has 1 fully saturated rings. The molecule has 0 bridgehead atoms. The minimum atomic E-state index is -0.305. The number of hydrogen-bond acceptors (Lipinski definition) is 8. The van der Waals surface area contributed by atoms with E-state index in [2.05, 4.69) is 20.4 Å².